The molecule has 7 nitrogen and oxygen atoms in total. The molecule has 0 aromatic heterocycles. The highest BCUT2D eigenvalue weighted by Gasteiger charge is 2.41. The molecule has 142 valence electrons. The Bertz CT molecular complexity index is 957. The Morgan fingerprint density at radius 2 is 1.81 bits per heavy atom. The fourth-order valence-electron chi connectivity index (χ4n) is 3.98. The monoisotopic (exact) mass is 369 g/mol. The number of nitrogens with one attached hydrogen (secondary N) is 1. The lowest BCUT2D eigenvalue weighted by Gasteiger charge is -2.42. The number of carbonyl (C=O) groups excluding carboxylic acids is 1. The molecule has 1 saturated heterocycles. The summed E-state index contributed by atoms with van der Waals surface area (Å²) in [6, 6.07) is 6.97. The van der Waals surface area contributed by atoms with E-state index in [2.05, 4.69) is 5.32 Å². The first-order chi connectivity index (χ1) is 12.9. The second-order valence-corrected chi connectivity index (χ2v) is 7.52. The first kappa shape index (κ1) is 17.7. The SMILES string of the molecule is CCC(C)C1C(=O)Nc2ccccc2CN1c1c(N2CC(O)C2)c(=O)c1=O. The number of hydrogen-bond donors (Lipinski definition) is 2. The summed E-state index contributed by atoms with van der Waals surface area (Å²) in [6.07, 6.45) is 0.277. The number of hydrogen-bond acceptors (Lipinski definition) is 6. The lowest BCUT2D eigenvalue weighted by Crippen LogP contribution is -2.58. The van der Waals surface area contributed by atoms with Crippen molar-refractivity contribution in [2.75, 3.05) is 28.2 Å². The second kappa shape index (κ2) is 6.49. The minimum atomic E-state index is -0.549. The molecule has 2 heterocycles. The van der Waals surface area contributed by atoms with Gasteiger partial charge in [-0.1, -0.05) is 38.5 Å². The van der Waals surface area contributed by atoms with Crippen molar-refractivity contribution in [2.24, 2.45) is 5.92 Å². The van der Waals surface area contributed by atoms with Gasteiger partial charge in [-0.3, -0.25) is 14.4 Å². The number of aliphatic hydroxyl groups is 1. The molecule has 2 N–H and O–H groups in total. The van der Waals surface area contributed by atoms with E-state index in [4.69, 9.17) is 0 Å². The fraction of sp³-hybridized carbons (Fsp3) is 0.450. The number of aliphatic hydroxyl groups excluding tert-OH is 1. The number of benzene rings is 1. The van der Waals surface area contributed by atoms with Crippen LogP contribution in [0.3, 0.4) is 0 Å². The van der Waals surface area contributed by atoms with Crippen LogP contribution < -0.4 is 26.0 Å². The maximum atomic E-state index is 13.0. The molecule has 2 aromatic rings. The summed E-state index contributed by atoms with van der Waals surface area (Å²) in [4.78, 5) is 41.3. The summed E-state index contributed by atoms with van der Waals surface area (Å²) in [5.74, 6) is -0.171. The minimum absolute atomic E-state index is 0.00135. The molecule has 7 heteroatoms. The fourth-order valence-corrected chi connectivity index (χ4v) is 3.98. The summed E-state index contributed by atoms with van der Waals surface area (Å²) in [7, 11) is 0. The van der Waals surface area contributed by atoms with Crippen molar-refractivity contribution < 1.29 is 9.90 Å². The quantitative estimate of drug-likeness (QED) is 0.776. The Labute approximate surface area is 156 Å². The predicted molar refractivity (Wildman–Crippen MR) is 104 cm³/mol. The van der Waals surface area contributed by atoms with Gasteiger partial charge in [0.1, 0.15) is 17.4 Å². The van der Waals surface area contributed by atoms with E-state index in [0.29, 0.717) is 31.0 Å². The van der Waals surface area contributed by atoms with E-state index >= 15 is 0 Å². The lowest BCUT2D eigenvalue weighted by atomic mass is 9.94. The minimum Gasteiger partial charge on any atom is -0.389 e. The number of carbonyl (C=O) groups is 1. The number of fused-ring (bicyclic) bond motifs is 1. The molecular weight excluding hydrogens is 346 g/mol. The van der Waals surface area contributed by atoms with E-state index < -0.39 is 23.0 Å². The molecule has 2 aromatic carbocycles. The van der Waals surface area contributed by atoms with Crippen LogP contribution in [0, 0.1) is 5.92 Å². The third-order valence-corrected chi connectivity index (χ3v) is 5.73. The van der Waals surface area contributed by atoms with Crippen molar-refractivity contribution >= 4 is 23.0 Å². The average Bonchev–Trinajstić information content (AvgIpc) is 2.77. The van der Waals surface area contributed by atoms with Crippen LogP contribution in [0.5, 0.6) is 0 Å². The molecule has 0 bridgehead atoms. The van der Waals surface area contributed by atoms with Gasteiger partial charge in [0.05, 0.1) is 6.10 Å². The normalized spacial score (nSPS) is 21.4. The van der Waals surface area contributed by atoms with Crippen LogP contribution in [0.4, 0.5) is 17.1 Å². The highest BCUT2D eigenvalue weighted by atomic mass is 16.3. The van der Waals surface area contributed by atoms with E-state index in [1.807, 2.05) is 38.1 Å². The first-order valence-corrected chi connectivity index (χ1v) is 9.34. The molecule has 1 amide bonds. The maximum absolute atomic E-state index is 13.0. The molecule has 2 unspecified atom stereocenters. The summed E-state index contributed by atoms with van der Waals surface area (Å²) < 4.78 is 0. The van der Waals surface area contributed by atoms with Gasteiger partial charge in [-0.2, -0.15) is 0 Å². The molecule has 1 fully saturated rings. The summed E-state index contributed by atoms with van der Waals surface area (Å²) in [6.45, 7) is 5.03. The van der Waals surface area contributed by atoms with Crippen LogP contribution in [0.15, 0.2) is 33.9 Å². The van der Waals surface area contributed by atoms with Gasteiger partial charge in [0, 0.05) is 25.3 Å². The highest BCUT2D eigenvalue weighted by molar-refractivity contribution is 6.00. The van der Waals surface area contributed by atoms with Gasteiger partial charge in [-0.25, -0.2) is 0 Å². The Kier molecular flexibility index (Phi) is 4.26. The topological polar surface area (TPSA) is 89.9 Å². The van der Waals surface area contributed by atoms with Gasteiger partial charge in [-0.05, 0) is 17.5 Å². The number of para-hydroxylation sites is 1. The van der Waals surface area contributed by atoms with Crippen molar-refractivity contribution in [3.05, 3.63) is 50.3 Å². The van der Waals surface area contributed by atoms with Crippen LogP contribution in [-0.4, -0.2) is 36.2 Å². The van der Waals surface area contributed by atoms with Gasteiger partial charge in [0.2, 0.25) is 5.91 Å². The number of amides is 1. The zero-order valence-corrected chi connectivity index (χ0v) is 15.4. The molecule has 2 aliphatic heterocycles. The standard InChI is InChI=1S/C20H23N3O4/c1-3-11(2)15-20(27)21-14-7-5-4-6-12(14)8-23(15)17-16(18(25)19(17)26)22-9-13(24)10-22/h4-7,11,13,15,24H,3,8-10H2,1-2H3,(H,21,27). The van der Waals surface area contributed by atoms with Gasteiger partial charge in [-0.15, -0.1) is 0 Å². The number of nitrogens with zero attached hydrogens (tertiary/aromatic N) is 2. The van der Waals surface area contributed by atoms with Crippen LogP contribution in [0.2, 0.25) is 0 Å². The molecule has 4 rings (SSSR count). The molecule has 0 radical (unpaired) electrons. The molecule has 27 heavy (non-hydrogen) atoms. The Balaban J connectivity index is 1.81. The first-order valence-electron chi connectivity index (χ1n) is 9.34. The number of β-amino-alcohol motifs (C(OH)–C–C–N with tert-alkyl or cyclic N) is 1. The van der Waals surface area contributed by atoms with Crippen LogP contribution in [0.25, 0.3) is 0 Å². The van der Waals surface area contributed by atoms with Crippen molar-refractivity contribution in [3.8, 4) is 0 Å². The molecule has 0 aliphatic carbocycles. The second-order valence-electron chi connectivity index (χ2n) is 7.52. The van der Waals surface area contributed by atoms with E-state index in [9.17, 15) is 19.5 Å². The number of anilines is 3. The largest absolute Gasteiger partial charge is 0.389 e. The molecule has 2 aliphatic rings. The van der Waals surface area contributed by atoms with Gasteiger partial charge >= 0.3 is 0 Å². The Morgan fingerprint density at radius 1 is 1.15 bits per heavy atom. The zero-order chi connectivity index (χ0) is 19.3. The maximum Gasteiger partial charge on any atom is 0.253 e. The van der Waals surface area contributed by atoms with E-state index in [1.165, 1.54) is 0 Å². The Morgan fingerprint density at radius 3 is 2.48 bits per heavy atom. The van der Waals surface area contributed by atoms with E-state index in [-0.39, 0.29) is 11.8 Å². The van der Waals surface area contributed by atoms with Gasteiger partial charge in [0.15, 0.2) is 0 Å². The van der Waals surface area contributed by atoms with Crippen LogP contribution in [-0.2, 0) is 11.3 Å². The third kappa shape index (κ3) is 2.73. The molecule has 2 atom stereocenters. The third-order valence-electron chi connectivity index (χ3n) is 5.73. The summed E-state index contributed by atoms with van der Waals surface area (Å²) in [5.41, 5.74) is 1.21. The summed E-state index contributed by atoms with van der Waals surface area (Å²) in [5, 5.41) is 12.6. The molecular formula is C20H23N3O4. The smallest absolute Gasteiger partial charge is 0.253 e. The van der Waals surface area contributed by atoms with Crippen molar-refractivity contribution in [1.82, 2.24) is 0 Å². The molecule has 0 spiro atoms. The van der Waals surface area contributed by atoms with E-state index in [0.717, 1.165) is 17.7 Å². The van der Waals surface area contributed by atoms with Crippen molar-refractivity contribution in [1.29, 1.82) is 0 Å². The highest BCUT2D eigenvalue weighted by Crippen LogP contribution is 2.35. The van der Waals surface area contributed by atoms with Gasteiger partial charge < -0.3 is 20.2 Å². The average molecular weight is 369 g/mol. The van der Waals surface area contributed by atoms with Crippen molar-refractivity contribution in [3.63, 3.8) is 0 Å². The zero-order valence-electron chi connectivity index (χ0n) is 15.4. The van der Waals surface area contributed by atoms with Crippen LogP contribution in [0.1, 0.15) is 25.8 Å². The van der Waals surface area contributed by atoms with E-state index in [1.54, 1.807) is 9.80 Å². The predicted octanol–water partition coefficient (Wildman–Crippen LogP) is 0.837. The van der Waals surface area contributed by atoms with Crippen LogP contribution >= 0.6 is 0 Å². The van der Waals surface area contributed by atoms with Gasteiger partial charge in [0.25, 0.3) is 10.9 Å². The lowest BCUT2D eigenvalue weighted by molar-refractivity contribution is -0.118. The number of rotatable bonds is 4. The molecule has 0 saturated carbocycles. The summed E-state index contributed by atoms with van der Waals surface area (Å²) >= 11 is 0. The van der Waals surface area contributed by atoms with Crippen molar-refractivity contribution in [2.45, 2.75) is 39.0 Å². The Hall–Kier alpha value is -2.67.